The zero-order valence-electron chi connectivity index (χ0n) is 23.1. The van der Waals surface area contributed by atoms with Crippen LogP contribution in [0.15, 0.2) is 69.8 Å². The number of aliphatic hydroxyl groups excluding tert-OH is 2. The molecule has 0 spiro atoms. The summed E-state index contributed by atoms with van der Waals surface area (Å²) in [7, 11) is 0. The Hall–Kier alpha value is -2.62. The topological polar surface area (TPSA) is 74.6 Å². The van der Waals surface area contributed by atoms with Gasteiger partial charge in [0.05, 0.1) is 5.41 Å². The zero-order valence-corrected chi connectivity index (χ0v) is 23.1. The van der Waals surface area contributed by atoms with E-state index in [0.29, 0.717) is 0 Å². The van der Waals surface area contributed by atoms with E-state index in [9.17, 15) is 19.8 Å². The van der Waals surface area contributed by atoms with Gasteiger partial charge in [0.2, 0.25) is 0 Å². The van der Waals surface area contributed by atoms with E-state index in [4.69, 9.17) is 0 Å². The number of hydrogen-bond acceptors (Lipinski definition) is 4. The molecule has 0 unspecified atom stereocenters. The molecule has 0 aromatic carbocycles. The van der Waals surface area contributed by atoms with Crippen LogP contribution in [0.5, 0.6) is 0 Å². The maximum absolute atomic E-state index is 13.8. The molecule has 4 heteroatoms. The molecule has 4 nitrogen and oxygen atoms in total. The van der Waals surface area contributed by atoms with Crippen molar-refractivity contribution in [3.63, 3.8) is 0 Å². The van der Waals surface area contributed by atoms with Gasteiger partial charge in [-0.3, -0.25) is 9.59 Å². The van der Waals surface area contributed by atoms with Crippen LogP contribution in [0.4, 0.5) is 0 Å². The molecule has 1 aliphatic carbocycles. The molecule has 0 bridgehead atoms. The van der Waals surface area contributed by atoms with Crippen LogP contribution in [-0.4, -0.2) is 21.8 Å². The summed E-state index contributed by atoms with van der Waals surface area (Å²) in [4.78, 5) is 26.7. The van der Waals surface area contributed by atoms with E-state index in [1.54, 1.807) is 0 Å². The third kappa shape index (κ3) is 9.51. The van der Waals surface area contributed by atoms with Gasteiger partial charge in [-0.2, -0.15) is 0 Å². The molecule has 1 rings (SSSR count). The molecule has 0 aliphatic heterocycles. The second kappa shape index (κ2) is 14.1. The van der Waals surface area contributed by atoms with Crippen LogP contribution in [-0.2, 0) is 9.59 Å². The highest BCUT2D eigenvalue weighted by atomic mass is 16.3. The molecule has 0 amide bonds. The highest BCUT2D eigenvalue weighted by Crippen LogP contribution is 2.43. The van der Waals surface area contributed by atoms with Gasteiger partial charge in [0.15, 0.2) is 11.6 Å². The Morgan fingerprint density at radius 2 is 1.31 bits per heavy atom. The van der Waals surface area contributed by atoms with Gasteiger partial charge in [0, 0.05) is 12.5 Å². The lowest BCUT2D eigenvalue weighted by molar-refractivity contribution is -0.128. The fourth-order valence-electron chi connectivity index (χ4n) is 4.11. The minimum Gasteiger partial charge on any atom is -0.511 e. The summed E-state index contributed by atoms with van der Waals surface area (Å²) < 4.78 is 0. The van der Waals surface area contributed by atoms with Gasteiger partial charge in [-0.25, -0.2) is 0 Å². The van der Waals surface area contributed by atoms with E-state index >= 15 is 0 Å². The van der Waals surface area contributed by atoms with Crippen molar-refractivity contribution in [2.75, 3.05) is 0 Å². The largest absolute Gasteiger partial charge is 0.511 e. The lowest BCUT2D eigenvalue weighted by Gasteiger charge is -2.34. The number of carbonyl (C=O) groups excluding carboxylic acids is 2. The molecule has 0 aromatic rings. The third-order valence-electron chi connectivity index (χ3n) is 6.33. The van der Waals surface area contributed by atoms with E-state index in [0.717, 1.165) is 36.8 Å². The molecule has 0 fully saturated rings. The van der Waals surface area contributed by atoms with Gasteiger partial charge in [-0.05, 0) is 86.0 Å². The molecule has 2 N–H and O–H groups in total. The van der Waals surface area contributed by atoms with E-state index in [1.807, 2.05) is 39.8 Å². The first kappa shape index (κ1) is 30.4. The number of ketones is 2. The summed E-state index contributed by atoms with van der Waals surface area (Å²) in [5.74, 6) is -1.41. The fourth-order valence-corrected chi connectivity index (χ4v) is 4.11. The van der Waals surface area contributed by atoms with Crippen molar-refractivity contribution in [2.45, 2.75) is 100 Å². The van der Waals surface area contributed by atoms with Crippen molar-refractivity contribution in [3.8, 4) is 0 Å². The number of aliphatic hydroxyl groups is 2. The Morgan fingerprint density at radius 3 is 1.71 bits per heavy atom. The lowest BCUT2D eigenvalue weighted by Crippen LogP contribution is -2.39. The number of Topliss-reactive ketones (excluding diaryl/α,β-unsaturated/α-hetero) is 2. The molecule has 0 heterocycles. The average molecular weight is 483 g/mol. The minimum absolute atomic E-state index is 0.0546. The molecular weight excluding hydrogens is 436 g/mol. The summed E-state index contributed by atoms with van der Waals surface area (Å²) in [6.45, 7) is 16.1. The van der Waals surface area contributed by atoms with Crippen molar-refractivity contribution >= 4 is 11.6 Å². The predicted octanol–water partition coefficient (Wildman–Crippen LogP) is 8.59. The smallest absolute Gasteiger partial charge is 0.184 e. The van der Waals surface area contributed by atoms with E-state index < -0.39 is 17.0 Å². The van der Waals surface area contributed by atoms with Gasteiger partial charge < -0.3 is 10.2 Å². The molecule has 0 saturated carbocycles. The van der Waals surface area contributed by atoms with Crippen LogP contribution in [0.1, 0.15) is 100 Å². The lowest BCUT2D eigenvalue weighted by atomic mass is 9.68. The molecule has 35 heavy (non-hydrogen) atoms. The Balaban J connectivity index is 3.36. The summed E-state index contributed by atoms with van der Waals surface area (Å²) in [6.07, 6.45) is 13.8. The van der Waals surface area contributed by atoms with Gasteiger partial charge >= 0.3 is 0 Å². The molecule has 0 saturated heterocycles. The maximum atomic E-state index is 13.8. The van der Waals surface area contributed by atoms with E-state index in [2.05, 4.69) is 39.8 Å². The van der Waals surface area contributed by atoms with Crippen molar-refractivity contribution < 1.29 is 19.8 Å². The standard InChI is InChI=1S/C31H46O4/c1-21(2)11-9-13-24(7)15-17-31(18-16-25(8)14-10-12-22(3)4)28(34)20-27(33)29(30(31)35)26(32)19-23(5)6/h11-12,15-16,20,23,33-34H,9-10,13-14,17-19H2,1-8H3. The SMILES string of the molecule is CC(C)=CCCC(C)=CCC1(CC=C(C)CCC=C(C)C)C(=O)C(C(=O)CC(C)C)=C(O)C=C1O. The Kier molecular flexibility index (Phi) is 12.2. The first-order valence-electron chi connectivity index (χ1n) is 12.8. The third-order valence-corrected chi connectivity index (χ3v) is 6.33. The molecule has 194 valence electrons. The van der Waals surface area contributed by atoms with Crippen molar-refractivity contribution in [1.29, 1.82) is 0 Å². The van der Waals surface area contributed by atoms with E-state index in [1.165, 1.54) is 17.2 Å². The molecule has 1 aliphatic rings. The number of hydrogen-bond donors (Lipinski definition) is 2. The van der Waals surface area contributed by atoms with Crippen LogP contribution in [0.2, 0.25) is 0 Å². The monoisotopic (exact) mass is 482 g/mol. The van der Waals surface area contributed by atoms with Gasteiger partial charge in [0.25, 0.3) is 0 Å². The predicted molar refractivity (Wildman–Crippen MR) is 146 cm³/mol. The van der Waals surface area contributed by atoms with Crippen molar-refractivity contribution in [1.82, 2.24) is 0 Å². The number of allylic oxidation sites excluding steroid dienone is 11. The quantitative estimate of drug-likeness (QED) is 0.204. The van der Waals surface area contributed by atoms with E-state index in [-0.39, 0.29) is 42.3 Å². The van der Waals surface area contributed by atoms with Gasteiger partial charge in [-0.15, -0.1) is 0 Å². The Labute approximate surface area is 212 Å². The minimum atomic E-state index is -1.29. The molecule has 0 aromatic heterocycles. The van der Waals surface area contributed by atoms with Gasteiger partial charge in [-0.1, -0.05) is 60.4 Å². The summed E-state index contributed by atoms with van der Waals surface area (Å²) in [5, 5.41) is 21.5. The maximum Gasteiger partial charge on any atom is 0.184 e. The second-order valence-electron chi connectivity index (χ2n) is 10.9. The normalized spacial score (nSPS) is 19.1. The highest BCUT2D eigenvalue weighted by molar-refractivity contribution is 6.24. The Morgan fingerprint density at radius 1 is 0.857 bits per heavy atom. The first-order valence-corrected chi connectivity index (χ1v) is 12.8. The highest BCUT2D eigenvalue weighted by Gasteiger charge is 2.47. The average Bonchev–Trinajstić information content (AvgIpc) is 2.72. The zero-order chi connectivity index (χ0) is 26.8. The first-order chi connectivity index (χ1) is 16.3. The second-order valence-corrected chi connectivity index (χ2v) is 10.9. The number of rotatable bonds is 13. The van der Waals surface area contributed by atoms with Gasteiger partial charge in [0.1, 0.15) is 17.1 Å². The molecular formula is C31H46O4. The van der Waals surface area contributed by atoms with Crippen LogP contribution in [0.3, 0.4) is 0 Å². The fraction of sp³-hybridized carbons (Fsp3) is 0.548. The summed E-state index contributed by atoms with van der Waals surface area (Å²) in [6, 6.07) is 0. The van der Waals surface area contributed by atoms with Crippen molar-refractivity contribution in [2.24, 2.45) is 11.3 Å². The van der Waals surface area contributed by atoms with Crippen LogP contribution in [0.25, 0.3) is 0 Å². The molecule has 0 atom stereocenters. The molecule has 0 radical (unpaired) electrons. The van der Waals surface area contributed by atoms with Crippen LogP contribution < -0.4 is 0 Å². The number of carbonyl (C=O) groups is 2. The summed E-state index contributed by atoms with van der Waals surface area (Å²) in [5.41, 5.74) is 3.31. The van der Waals surface area contributed by atoms with Crippen LogP contribution in [0, 0.1) is 11.3 Å². The summed E-state index contributed by atoms with van der Waals surface area (Å²) >= 11 is 0. The Bertz CT molecular complexity index is 916. The van der Waals surface area contributed by atoms with Crippen molar-refractivity contribution in [3.05, 3.63) is 69.8 Å². The van der Waals surface area contributed by atoms with Crippen LogP contribution >= 0.6 is 0 Å².